The zero-order valence-corrected chi connectivity index (χ0v) is 32.4. The van der Waals surface area contributed by atoms with Crippen molar-refractivity contribution in [3.8, 4) is 56.2 Å². The third kappa shape index (κ3) is 6.34. The molecule has 0 aliphatic heterocycles. The summed E-state index contributed by atoms with van der Waals surface area (Å²) in [5.41, 5.74) is 15.1. The van der Waals surface area contributed by atoms with Crippen molar-refractivity contribution in [2.45, 2.75) is 66.2 Å². The Balaban J connectivity index is 1.45. The minimum atomic E-state index is -0.126. The second-order valence-electron chi connectivity index (χ2n) is 16.6. The summed E-state index contributed by atoms with van der Waals surface area (Å²) in [6.07, 6.45) is 5.74. The quantitative estimate of drug-likeness (QED) is 0.193. The molecule has 0 fully saturated rings. The van der Waals surface area contributed by atoms with Crippen LogP contribution >= 0.6 is 0 Å². The third-order valence-electron chi connectivity index (χ3n) is 10.5. The van der Waals surface area contributed by atoms with Gasteiger partial charge in [0.1, 0.15) is 11.6 Å². The highest BCUT2D eigenvalue weighted by Crippen LogP contribution is 2.42. The van der Waals surface area contributed by atoms with E-state index in [1.165, 1.54) is 16.7 Å². The lowest BCUT2D eigenvalue weighted by Gasteiger charge is -2.21. The molecule has 5 heteroatoms. The maximum Gasteiger partial charge on any atom is 0.149 e. The first kappa shape index (κ1) is 35.0. The Bertz CT molecular complexity index is 2690. The number of fused-ring (bicyclic) bond motifs is 2. The lowest BCUT2D eigenvalue weighted by atomic mass is 9.86. The molecule has 0 radical (unpaired) electrons. The maximum atomic E-state index is 11.5. The van der Waals surface area contributed by atoms with Gasteiger partial charge in [0.05, 0.1) is 22.1 Å². The van der Waals surface area contributed by atoms with Gasteiger partial charge >= 0.3 is 0 Å². The van der Waals surface area contributed by atoms with Gasteiger partial charge in [-0.15, -0.1) is 0 Å². The molecule has 5 nitrogen and oxygen atoms in total. The molecule has 0 spiro atoms. The van der Waals surface area contributed by atoms with Crippen LogP contribution in [0.15, 0.2) is 128 Å². The Morgan fingerprint density at radius 3 is 1.93 bits per heavy atom. The molecule has 3 heterocycles. The molecule has 0 saturated carbocycles. The Hall–Kier alpha value is -6.07. The molecule has 8 rings (SSSR count). The number of phenolic OH excluding ortho intramolecular Hbond substituents is 1. The highest BCUT2D eigenvalue weighted by Gasteiger charge is 2.24. The molecule has 8 aromatic rings. The highest BCUT2D eigenvalue weighted by atomic mass is 16.3. The number of aromatic hydroxyl groups is 1. The summed E-state index contributed by atoms with van der Waals surface area (Å²) in [6, 6.07) is 38.3. The van der Waals surface area contributed by atoms with E-state index in [9.17, 15) is 5.11 Å². The van der Waals surface area contributed by atoms with Crippen molar-refractivity contribution in [2.24, 2.45) is 0 Å². The molecule has 0 bridgehead atoms. The standard InChI is InChI=1S/C49H46N4O/c1-30-22-39-31(2)20-21-51-45(39)40(23-30)34-24-35(29-50-28-34)41-25-33(32-12-10-9-11-13-32)26-43-46(41)52-47(42-27-37(49(6,7)8)16-19-44(42)54)53(43)38-17-14-36(15-18-38)48(3,4)5/h9-29,54H,1-8H3. The second kappa shape index (κ2) is 13.1. The van der Waals surface area contributed by atoms with Gasteiger partial charge in [-0.25, -0.2) is 4.98 Å². The molecule has 268 valence electrons. The van der Waals surface area contributed by atoms with Crippen molar-refractivity contribution >= 4 is 21.9 Å². The summed E-state index contributed by atoms with van der Waals surface area (Å²) in [7, 11) is 0. The Kier molecular flexibility index (Phi) is 8.49. The minimum Gasteiger partial charge on any atom is -0.507 e. The molecule has 5 aromatic carbocycles. The van der Waals surface area contributed by atoms with E-state index in [4.69, 9.17) is 15.0 Å². The van der Waals surface area contributed by atoms with E-state index in [2.05, 4.69) is 151 Å². The fourth-order valence-corrected chi connectivity index (χ4v) is 7.42. The van der Waals surface area contributed by atoms with Crippen LogP contribution in [0.2, 0.25) is 0 Å². The van der Waals surface area contributed by atoms with Crippen LogP contribution in [0, 0.1) is 13.8 Å². The summed E-state index contributed by atoms with van der Waals surface area (Å²) in [5, 5.41) is 12.7. The first-order chi connectivity index (χ1) is 25.8. The molecule has 1 N–H and O–H groups in total. The Morgan fingerprint density at radius 1 is 0.574 bits per heavy atom. The van der Waals surface area contributed by atoms with Crippen LogP contribution in [0.1, 0.15) is 63.8 Å². The average molecular weight is 707 g/mol. The lowest BCUT2D eigenvalue weighted by Crippen LogP contribution is -2.11. The summed E-state index contributed by atoms with van der Waals surface area (Å²) >= 11 is 0. The maximum absolute atomic E-state index is 11.5. The fraction of sp³-hybridized carbons (Fsp3) is 0.204. The molecule has 0 unspecified atom stereocenters. The highest BCUT2D eigenvalue weighted by molar-refractivity contribution is 6.01. The van der Waals surface area contributed by atoms with Crippen molar-refractivity contribution in [3.63, 3.8) is 0 Å². The van der Waals surface area contributed by atoms with Gasteiger partial charge < -0.3 is 5.11 Å². The van der Waals surface area contributed by atoms with Crippen molar-refractivity contribution in [1.29, 1.82) is 0 Å². The summed E-state index contributed by atoms with van der Waals surface area (Å²) in [4.78, 5) is 15.1. The predicted molar refractivity (Wildman–Crippen MR) is 224 cm³/mol. The number of imidazole rings is 1. The number of hydrogen-bond donors (Lipinski definition) is 1. The summed E-state index contributed by atoms with van der Waals surface area (Å²) < 4.78 is 2.21. The van der Waals surface area contributed by atoms with E-state index in [0.29, 0.717) is 11.4 Å². The minimum absolute atomic E-state index is 0.000173. The van der Waals surface area contributed by atoms with Gasteiger partial charge in [0, 0.05) is 51.9 Å². The molecule has 54 heavy (non-hydrogen) atoms. The average Bonchev–Trinajstić information content (AvgIpc) is 3.53. The molecule has 0 saturated heterocycles. The van der Waals surface area contributed by atoms with E-state index in [0.717, 1.165) is 66.6 Å². The number of aromatic nitrogens is 4. The molecule has 3 aromatic heterocycles. The number of phenols is 1. The van der Waals surface area contributed by atoms with Gasteiger partial charge in [-0.3, -0.25) is 14.5 Å². The van der Waals surface area contributed by atoms with Crippen molar-refractivity contribution in [1.82, 2.24) is 19.5 Å². The first-order valence-electron chi connectivity index (χ1n) is 18.6. The summed E-state index contributed by atoms with van der Waals surface area (Å²) in [5.74, 6) is 0.866. The van der Waals surface area contributed by atoms with Gasteiger partial charge in [-0.2, -0.15) is 0 Å². The predicted octanol–water partition coefficient (Wildman–Crippen LogP) is 12.6. The molecule has 0 amide bonds. The van der Waals surface area contributed by atoms with E-state index >= 15 is 0 Å². The van der Waals surface area contributed by atoms with E-state index in [1.807, 2.05) is 30.7 Å². The SMILES string of the molecule is Cc1cc(-c2cncc(-c3cc(-c4ccccc4)cc4c3nc(-c3cc(C(C)(C)C)ccc3O)n4-c3ccc(C(C)(C)C)cc3)c2)c2nccc(C)c2c1. The number of aryl methyl sites for hydroxylation is 2. The largest absolute Gasteiger partial charge is 0.507 e. The molecular formula is C49H46N4O. The topological polar surface area (TPSA) is 63.8 Å². The van der Waals surface area contributed by atoms with Gasteiger partial charge in [0.25, 0.3) is 0 Å². The van der Waals surface area contributed by atoms with Gasteiger partial charge in [0.2, 0.25) is 0 Å². The number of pyridine rings is 2. The Morgan fingerprint density at radius 2 is 1.24 bits per heavy atom. The van der Waals surface area contributed by atoms with Crippen LogP contribution in [0.3, 0.4) is 0 Å². The van der Waals surface area contributed by atoms with Crippen LogP contribution in [0.25, 0.3) is 72.4 Å². The van der Waals surface area contributed by atoms with E-state index < -0.39 is 0 Å². The normalized spacial score (nSPS) is 12.1. The zero-order valence-electron chi connectivity index (χ0n) is 32.4. The van der Waals surface area contributed by atoms with E-state index in [-0.39, 0.29) is 16.6 Å². The number of rotatable bonds is 5. The van der Waals surface area contributed by atoms with Crippen molar-refractivity contribution in [2.75, 3.05) is 0 Å². The first-order valence-corrected chi connectivity index (χ1v) is 18.6. The van der Waals surface area contributed by atoms with Crippen LogP contribution in [0.4, 0.5) is 0 Å². The fourth-order valence-electron chi connectivity index (χ4n) is 7.42. The molecule has 0 atom stereocenters. The number of hydrogen-bond acceptors (Lipinski definition) is 4. The second-order valence-corrected chi connectivity index (χ2v) is 16.6. The van der Waals surface area contributed by atoms with Crippen LogP contribution in [-0.4, -0.2) is 24.6 Å². The lowest BCUT2D eigenvalue weighted by molar-refractivity contribution is 0.475. The van der Waals surface area contributed by atoms with Crippen LogP contribution < -0.4 is 0 Å². The van der Waals surface area contributed by atoms with Crippen molar-refractivity contribution in [3.05, 3.63) is 150 Å². The van der Waals surface area contributed by atoms with Gasteiger partial charge in [0.15, 0.2) is 0 Å². The molecule has 0 aliphatic rings. The molecule has 0 aliphatic carbocycles. The van der Waals surface area contributed by atoms with Crippen LogP contribution in [-0.2, 0) is 10.8 Å². The Labute approximate surface area is 318 Å². The number of nitrogens with zero attached hydrogens (tertiary/aromatic N) is 4. The third-order valence-corrected chi connectivity index (χ3v) is 10.5. The number of benzene rings is 5. The smallest absolute Gasteiger partial charge is 0.149 e. The van der Waals surface area contributed by atoms with E-state index in [1.54, 1.807) is 6.07 Å². The zero-order chi connectivity index (χ0) is 37.9. The monoisotopic (exact) mass is 706 g/mol. The van der Waals surface area contributed by atoms with Crippen LogP contribution in [0.5, 0.6) is 5.75 Å². The van der Waals surface area contributed by atoms with Gasteiger partial charge in [-0.1, -0.05) is 90.1 Å². The van der Waals surface area contributed by atoms with Gasteiger partial charge in [-0.05, 0) is 119 Å². The van der Waals surface area contributed by atoms with Crippen molar-refractivity contribution < 1.29 is 5.11 Å². The molecular weight excluding hydrogens is 661 g/mol. The summed E-state index contributed by atoms with van der Waals surface area (Å²) in [6.45, 7) is 17.5.